The van der Waals surface area contributed by atoms with E-state index in [0.717, 1.165) is 19.3 Å². The molecule has 3 aliphatic heterocycles. The Kier molecular flexibility index (Phi) is 10.7. The summed E-state index contributed by atoms with van der Waals surface area (Å²) >= 11 is 0. The van der Waals surface area contributed by atoms with Crippen LogP contribution in [0.2, 0.25) is 0 Å². The number of hydrogen-bond donors (Lipinski definition) is 3. The molecule has 0 spiro atoms. The predicted octanol–water partition coefficient (Wildman–Crippen LogP) is 4.65. The van der Waals surface area contributed by atoms with Crippen molar-refractivity contribution in [2.75, 3.05) is 6.54 Å². The smallest absolute Gasteiger partial charge is 0.410 e. The SMILES string of the molecule is CC(C)(C)OC(=O)N[C@H]1CCCCC/C=C\[C@@H]2C[C@@]2(C(=O)NOc2ccccc2)NC(=O)[C@@H]2C[C@@H](OC(=O)N3Cc4cccc(F)c4C3)CN2C1=O. The molecule has 0 bridgehead atoms. The Labute approximate surface area is 302 Å². The monoisotopic (exact) mass is 719 g/mol. The number of alkyl carbamates (subject to hydrolysis) is 1. The Bertz CT molecular complexity index is 1710. The first kappa shape index (κ1) is 36.6. The van der Waals surface area contributed by atoms with Crippen molar-refractivity contribution in [3.63, 3.8) is 0 Å². The van der Waals surface area contributed by atoms with Crippen LogP contribution >= 0.6 is 0 Å². The first-order valence-electron chi connectivity index (χ1n) is 17.9. The van der Waals surface area contributed by atoms with Gasteiger partial charge in [0.2, 0.25) is 11.8 Å². The molecule has 2 aromatic carbocycles. The van der Waals surface area contributed by atoms with Crippen molar-refractivity contribution in [1.29, 1.82) is 0 Å². The van der Waals surface area contributed by atoms with Gasteiger partial charge in [0.15, 0.2) is 5.75 Å². The molecule has 14 heteroatoms. The van der Waals surface area contributed by atoms with Crippen LogP contribution < -0.4 is 21.0 Å². The second kappa shape index (κ2) is 15.2. The maximum atomic E-state index is 14.4. The number of fused-ring (bicyclic) bond motifs is 3. The Hall–Kier alpha value is -5.14. The maximum Gasteiger partial charge on any atom is 0.410 e. The van der Waals surface area contributed by atoms with Crippen LogP contribution in [0.4, 0.5) is 14.0 Å². The third kappa shape index (κ3) is 8.48. The zero-order chi connectivity index (χ0) is 37.0. The van der Waals surface area contributed by atoms with Crippen LogP contribution in [0.1, 0.15) is 76.8 Å². The van der Waals surface area contributed by atoms with Gasteiger partial charge < -0.3 is 29.8 Å². The molecule has 278 valence electrons. The summed E-state index contributed by atoms with van der Waals surface area (Å²) < 4.78 is 25.7. The lowest BCUT2D eigenvalue weighted by atomic mass is 10.0. The van der Waals surface area contributed by atoms with Crippen molar-refractivity contribution >= 4 is 29.9 Å². The summed E-state index contributed by atoms with van der Waals surface area (Å²) in [7, 11) is 0. The van der Waals surface area contributed by atoms with Crippen molar-refractivity contribution in [3.8, 4) is 5.75 Å². The largest absolute Gasteiger partial charge is 0.444 e. The summed E-state index contributed by atoms with van der Waals surface area (Å²) in [6.45, 7) is 5.20. The number of halogens is 1. The van der Waals surface area contributed by atoms with E-state index in [2.05, 4.69) is 16.1 Å². The van der Waals surface area contributed by atoms with Gasteiger partial charge in [0.25, 0.3) is 5.91 Å². The Morgan fingerprint density at radius 2 is 1.79 bits per heavy atom. The Morgan fingerprint density at radius 3 is 2.54 bits per heavy atom. The molecule has 0 aromatic heterocycles. The highest BCUT2D eigenvalue weighted by molar-refractivity contribution is 5.98. The van der Waals surface area contributed by atoms with Crippen LogP contribution in [0.25, 0.3) is 0 Å². The summed E-state index contributed by atoms with van der Waals surface area (Å²) in [5.74, 6) is -2.02. The van der Waals surface area contributed by atoms with E-state index in [0.29, 0.717) is 36.1 Å². The zero-order valence-electron chi connectivity index (χ0n) is 29.7. The van der Waals surface area contributed by atoms with Gasteiger partial charge >= 0.3 is 12.2 Å². The van der Waals surface area contributed by atoms with Gasteiger partial charge in [-0.15, -0.1) is 0 Å². The number of hydroxylamine groups is 1. The van der Waals surface area contributed by atoms with Crippen molar-refractivity contribution in [2.45, 2.75) is 108 Å². The maximum absolute atomic E-state index is 14.4. The lowest BCUT2D eigenvalue weighted by Crippen LogP contribution is -2.58. The van der Waals surface area contributed by atoms with Crippen molar-refractivity contribution in [2.24, 2.45) is 5.92 Å². The normalized spacial score (nSPS) is 26.7. The molecule has 0 radical (unpaired) electrons. The number of carbonyl (C=O) groups is 5. The molecule has 3 N–H and O–H groups in total. The second-order valence-corrected chi connectivity index (χ2v) is 14.9. The molecule has 1 saturated heterocycles. The second-order valence-electron chi connectivity index (χ2n) is 14.9. The van der Waals surface area contributed by atoms with Crippen molar-refractivity contribution in [1.82, 2.24) is 25.9 Å². The minimum absolute atomic E-state index is 0.0274. The number of ether oxygens (including phenoxy) is 2. The van der Waals surface area contributed by atoms with E-state index in [1.54, 1.807) is 57.2 Å². The lowest BCUT2D eigenvalue weighted by molar-refractivity contribution is -0.142. The van der Waals surface area contributed by atoms with Gasteiger partial charge in [-0.3, -0.25) is 19.3 Å². The van der Waals surface area contributed by atoms with E-state index in [9.17, 15) is 28.4 Å². The van der Waals surface area contributed by atoms with Gasteiger partial charge in [-0.2, -0.15) is 5.48 Å². The highest BCUT2D eigenvalue weighted by Gasteiger charge is 2.61. The average molecular weight is 720 g/mol. The fraction of sp³-hybridized carbons (Fsp3) is 0.500. The number of allylic oxidation sites excluding steroid dienone is 1. The molecule has 6 rings (SSSR count). The molecule has 3 heterocycles. The first-order chi connectivity index (χ1) is 24.8. The molecule has 13 nitrogen and oxygen atoms in total. The van der Waals surface area contributed by atoms with E-state index in [1.165, 1.54) is 15.9 Å². The van der Waals surface area contributed by atoms with Crippen LogP contribution in [-0.4, -0.2) is 75.6 Å². The van der Waals surface area contributed by atoms with Crippen molar-refractivity contribution in [3.05, 3.63) is 77.6 Å². The van der Waals surface area contributed by atoms with E-state index in [1.807, 2.05) is 18.2 Å². The minimum atomic E-state index is -1.34. The molecule has 52 heavy (non-hydrogen) atoms. The number of nitrogens with zero attached hydrogens (tertiary/aromatic N) is 2. The fourth-order valence-corrected chi connectivity index (χ4v) is 7.03. The third-order valence-electron chi connectivity index (χ3n) is 9.79. The number of para-hydroxylation sites is 1. The molecule has 1 saturated carbocycles. The van der Waals surface area contributed by atoms with Crippen LogP contribution in [0.5, 0.6) is 5.75 Å². The van der Waals surface area contributed by atoms with Crippen LogP contribution in [0.3, 0.4) is 0 Å². The number of nitrogens with one attached hydrogen (secondary N) is 3. The highest BCUT2D eigenvalue weighted by Crippen LogP contribution is 2.45. The van der Waals surface area contributed by atoms with Gasteiger partial charge in [0.05, 0.1) is 13.1 Å². The Morgan fingerprint density at radius 1 is 1.00 bits per heavy atom. The van der Waals surface area contributed by atoms with Crippen LogP contribution in [-0.2, 0) is 36.9 Å². The van der Waals surface area contributed by atoms with E-state index < -0.39 is 65.1 Å². The Balaban J connectivity index is 1.23. The fourth-order valence-electron chi connectivity index (χ4n) is 7.03. The molecule has 2 fully saturated rings. The summed E-state index contributed by atoms with van der Waals surface area (Å²) in [4.78, 5) is 76.7. The number of rotatable bonds is 5. The minimum Gasteiger partial charge on any atom is -0.444 e. The van der Waals surface area contributed by atoms with E-state index >= 15 is 0 Å². The van der Waals surface area contributed by atoms with Crippen molar-refractivity contribution < 1.29 is 42.7 Å². The molecule has 5 atom stereocenters. The van der Waals surface area contributed by atoms with Gasteiger partial charge in [-0.1, -0.05) is 55.3 Å². The van der Waals surface area contributed by atoms with Crippen LogP contribution in [0, 0.1) is 11.7 Å². The average Bonchev–Trinajstić information content (AvgIpc) is 3.39. The number of hydrogen-bond acceptors (Lipinski definition) is 8. The lowest BCUT2D eigenvalue weighted by Gasteiger charge is -2.30. The molecular formula is C38H46FN5O8. The quantitative estimate of drug-likeness (QED) is 0.298. The van der Waals surface area contributed by atoms with E-state index in [4.69, 9.17) is 14.3 Å². The molecule has 2 aromatic rings. The topological polar surface area (TPSA) is 156 Å². The number of benzene rings is 2. The molecule has 1 aliphatic carbocycles. The standard InChI is InChI=1S/C38H46FN5O8/c1-37(2,3)51-35(48)40-30-18-11-6-4-5-8-14-25-20-38(25,34(47)42-52-26-15-9-7-10-16-26)41-32(45)31-19-27(22-44(31)33(30)46)50-36(49)43-21-24-13-12-17-29(39)28(24)23-43/h7-10,12-17,25,27,30-31H,4-6,11,18-23H2,1-3H3,(H,40,48)(H,41,45)(H,42,47)/b14-8-/t25-,27-,30+,31+,38-/m1/s1. The van der Waals surface area contributed by atoms with Gasteiger partial charge in [-0.25, -0.2) is 14.0 Å². The molecular weight excluding hydrogens is 673 g/mol. The van der Waals surface area contributed by atoms with Gasteiger partial charge in [0, 0.05) is 24.4 Å². The summed E-state index contributed by atoms with van der Waals surface area (Å²) in [5, 5.41) is 5.62. The third-order valence-corrected chi connectivity index (χ3v) is 9.79. The highest BCUT2D eigenvalue weighted by atomic mass is 19.1. The molecule has 0 unspecified atom stereocenters. The number of carbonyl (C=O) groups excluding carboxylic acids is 5. The molecule has 5 amide bonds. The summed E-state index contributed by atoms with van der Waals surface area (Å²) in [5.41, 5.74) is 1.41. The predicted molar refractivity (Wildman–Crippen MR) is 186 cm³/mol. The zero-order valence-corrected chi connectivity index (χ0v) is 29.7. The van der Waals surface area contributed by atoms with Gasteiger partial charge in [-0.05, 0) is 70.2 Å². The van der Waals surface area contributed by atoms with Crippen LogP contribution in [0.15, 0.2) is 60.7 Å². The summed E-state index contributed by atoms with van der Waals surface area (Å²) in [6.07, 6.45) is 5.01. The van der Waals surface area contributed by atoms with E-state index in [-0.39, 0.29) is 32.0 Å². The summed E-state index contributed by atoms with van der Waals surface area (Å²) in [6, 6.07) is 11.2. The number of amides is 5. The van der Waals surface area contributed by atoms with Gasteiger partial charge in [0.1, 0.15) is 35.1 Å². The molecule has 4 aliphatic rings. The first-order valence-corrected chi connectivity index (χ1v) is 17.9.